The Kier molecular flexibility index (Phi) is 9.00. The molecule has 7 nitrogen and oxygen atoms in total. The van der Waals surface area contributed by atoms with Gasteiger partial charge in [0.05, 0.1) is 11.8 Å². The highest BCUT2D eigenvalue weighted by Gasteiger charge is 2.42. The lowest BCUT2D eigenvalue weighted by Gasteiger charge is -2.24. The van der Waals surface area contributed by atoms with Crippen molar-refractivity contribution in [1.29, 1.82) is 0 Å². The van der Waals surface area contributed by atoms with Crippen molar-refractivity contribution in [3.05, 3.63) is 24.3 Å². The summed E-state index contributed by atoms with van der Waals surface area (Å²) in [7, 11) is -3.90. The van der Waals surface area contributed by atoms with Gasteiger partial charge in [-0.05, 0) is 67.9 Å². The number of thioether (sulfide) groups is 1. The summed E-state index contributed by atoms with van der Waals surface area (Å²) in [5.74, 6) is 2.52. The second-order valence-corrected chi connectivity index (χ2v) is 13.3. The highest BCUT2D eigenvalue weighted by atomic mass is 32.2. The van der Waals surface area contributed by atoms with E-state index in [1.54, 1.807) is 11.8 Å². The molecule has 0 amide bonds. The third kappa shape index (κ3) is 7.22. The Labute approximate surface area is 206 Å². The SMILES string of the molecule is O=C(OCC(CSCCCCCCP(=O)(O)O)OC(=O)C1CC2C=CC1C2)C1CC2C=CC1C2. The van der Waals surface area contributed by atoms with Gasteiger partial charge in [0.2, 0.25) is 0 Å². The summed E-state index contributed by atoms with van der Waals surface area (Å²) in [5, 5.41) is 0. The molecule has 9 heteroatoms. The first-order chi connectivity index (χ1) is 16.3. The van der Waals surface area contributed by atoms with Crippen molar-refractivity contribution >= 4 is 31.3 Å². The van der Waals surface area contributed by atoms with E-state index in [0.29, 0.717) is 29.9 Å². The number of hydrogen-bond donors (Lipinski definition) is 2. The van der Waals surface area contributed by atoms with E-state index in [4.69, 9.17) is 19.3 Å². The second-order valence-electron chi connectivity index (χ2n) is 10.3. The van der Waals surface area contributed by atoms with Gasteiger partial charge in [0.25, 0.3) is 0 Å². The van der Waals surface area contributed by atoms with Gasteiger partial charge in [-0.1, -0.05) is 37.1 Å². The molecule has 190 valence electrons. The van der Waals surface area contributed by atoms with E-state index in [2.05, 4.69) is 24.3 Å². The molecular formula is C25H37O7PS. The van der Waals surface area contributed by atoms with Crippen molar-refractivity contribution in [3.8, 4) is 0 Å². The molecule has 4 rings (SSSR count). The molecule has 0 aromatic rings. The lowest BCUT2D eigenvalue weighted by atomic mass is 9.94. The number of allylic oxidation sites excluding steroid dienone is 4. The van der Waals surface area contributed by atoms with Crippen molar-refractivity contribution in [2.24, 2.45) is 35.5 Å². The Morgan fingerprint density at radius 1 is 0.882 bits per heavy atom. The quantitative estimate of drug-likeness (QED) is 0.153. The number of carbonyl (C=O) groups excluding carboxylic acids is 2. The average molecular weight is 513 g/mol. The van der Waals surface area contributed by atoms with E-state index in [0.717, 1.165) is 50.7 Å². The monoisotopic (exact) mass is 512 g/mol. The van der Waals surface area contributed by atoms with Crippen molar-refractivity contribution in [2.75, 3.05) is 24.3 Å². The van der Waals surface area contributed by atoms with E-state index in [1.807, 2.05) is 0 Å². The molecule has 4 bridgehead atoms. The summed E-state index contributed by atoms with van der Waals surface area (Å²) >= 11 is 1.67. The third-order valence-corrected chi connectivity index (χ3v) is 9.73. The number of unbranched alkanes of at least 4 members (excludes halogenated alkanes) is 3. The molecule has 2 saturated carbocycles. The van der Waals surface area contributed by atoms with E-state index in [-0.39, 0.29) is 42.5 Å². The van der Waals surface area contributed by atoms with Gasteiger partial charge in [0, 0.05) is 11.9 Å². The molecule has 2 fully saturated rings. The first-order valence-electron chi connectivity index (χ1n) is 12.6. The van der Waals surface area contributed by atoms with Crippen LogP contribution in [0.5, 0.6) is 0 Å². The fourth-order valence-corrected chi connectivity index (χ4v) is 7.48. The van der Waals surface area contributed by atoms with Crippen molar-refractivity contribution in [3.63, 3.8) is 0 Å². The van der Waals surface area contributed by atoms with Crippen LogP contribution >= 0.6 is 19.4 Å². The van der Waals surface area contributed by atoms with E-state index < -0.39 is 13.7 Å². The molecule has 0 heterocycles. The molecule has 7 atom stereocenters. The molecule has 0 radical (unpaired) electrons. The summed E-state index contributed by atoms with van der Waals surface area (Å²) in [6.07, 6.45) is 15.1. The molecule has 0 spiro atoms. The molecule has 0 saturated heterocycles. The third-order valence-electron chi connectivity index (χ3n) is 7.65. The number of fused-ring (bicyclic) bond motifs is 4. The molecule has 2 N–H and O–H groups in total. The van der Waals surface area contributed by atoms with Gasteiger partial charge in [0.1, 0.15) is 12.7 Å². The van der Waals surface area contributed by atoms with E-state index in [9.17, 15) is 14.2 Å². The number of hydrogen-bond acceptors (Lipinski definition) is 6. The molecule has 4 aliphatic carbocycles. The smallest absolute Gasteiger partial charge is 0.325 e. The molecule has 0 aliphatic heterocycles. The van der Waals surface area contributed by atoms with Crippen LogP contribution in [0.25, 0.3) is 0 Å². The van der Waals surface area contributed by atoms with Crippen molar-refractivity contribution in [1.82, 2.24) is 0 Å². The van der Waals surface area contributed by atoms with Crippen molar-refractivity contribution in [2.45, 2.75) is 57.5 Å². The van der Waals surface area contributed by atoms with Gasteiger partial charge in [-0.15, -0.1) is 0 Å². The van der Waals surface area contributed by atoms with Crippen LogP contribution in [0.3, 0.4) is 0 Å². The summed E-state index contributed by atoms with van der Waals surface area (Å²) in [6, 6.07) is 0. The second kappa shape index (κ2) is 11.8. The van der Waals surface area contributed by atoms with Crippen LogP contribution in [0.2, 0.25) is 0 Å². The summed E-state index contributed by atoms with van der Waals surface area (Å²) in [6.45, 7) is 0.105. The molecule has 7 unspecified atom stereocenters. The molecular weight excluding hydrogens is 475 g/mol. The highest BCUT2D eigenvalue weighted by molar-refractivity contribution is 7.99. The minimum Gasteiger partial charge on any atom is -0.461 e. The largest absolute Gasteiger partial charge is 0.461 e. The van der Waals surface area contributed by atoms with Crippen LogP contribution in [-0.4, -0.2) is 52.1 Å². The zero-order valence-electron chi connectivity index (χ0n) is 19.6. The molecule has 0 aromatic carbocycles. The average Bonchev–Trinajstić information content (AvgIpc) is 3.59. The Bertz CT molecular complexity index is 837. The fourth-order valence-electron chi connectivity index (χ4n) is 5.84. The van der Waals surface area contributed by atoms with Crippen LogP contribution in [0.4, 0.5) is 0 Å². The number of rotatable bonds is 14. The molecule has 0 aromatic heterocycles. The zero-order chi connectivity index (χ0) is 24.1. The van der Waals surface area contributed by atoms with E-state index in [1.165, 1.54) is 0 Å². The van der Waals surface area contributed by atoms with Gasteiger partial charge in [0.15, 0.2) is 0 Å². The summed E-state index contributed by atoms with van der Waals surface area (Å²) < 4.78 is 22.4. The van der Waals surface area contributed by atoms with Gasteiger partial charge in [-0.25, -0.2) is 0 Å². The first kappa shape index (κ1) is 26.0. The number of esters is 2. The van der Waals surface area contributed by atoms with Crippen LogP contribution in [0.15, 0.2) is 24.3 Å². The normalized spacial score (nSPS) is 31.8. The molecule has 34 heavy (non-hydrogen) atoms. The minimum atomic E-state index is -3.90. The van der Waals surface area contributed by atoms with Gasteiger partial charge in [-0.3, -0.25) is 14.2 Å². The Morgan fingerprint density at radius 2 is 1.50 bits per heavy atom. The van der Waals surface area contributed by atoms with Crippen molar-refractivity contribution < 1.29 is 33.4 Å². The molecule has 4 aliphatic rings. The van der Waals surface area contributed by atoms with Gasteiger partial charge in [-0.2, -0.15) is 11.8 Å². The predicted molar refractivity (Wildman–Crippen MR) is 131 cm³/mol. The lowest BCUT2D eigenvalue weighted by Crippen LogP contribution is -2.33. The topological polar surface area (TPSA) is 110 Å². The minimum absolute atomic E-state index is 0.0554. The maximum atomic E-state index is 12.9. The van der Waals surface area contributed by atoms with Gasteiger partial charge < -0.3 is 19.3 Å². The summed E-state index contributed by atoms with van der Waals surface area (Å²) in [5.41, 5.74) is 0. The van der Waals surface area contributed by atoms with E-state index >= 15 is 0 Å². The fraction of sp³-hybridized carbons (Fsp3) is 0.760. The Hall–Kier alpha value is -1.08. The van der Waals surface area contributed by atoms with Crippen LogP contribution in [-0.2, 0) is 23.6 Å². The maximum Gasteiger partial charge on any atom is 0.325 e. The van der Waals surface area contributed by atoms with Crippen LogP contribution < -0.4 is 0 Å². The summed E-state index contributed by atoms with van der Waals surface area (Å²) in [4.78, 5) is 43.4. The first-order valence-corrected chi connectivity index (χ1v) is 15.6. The Balaban J connectivity index is 1.19. The van der Waals surface area contributed by atoms with Crippen LogP contribution in [0.1, 0.15) is 51.4 Å². The Morgan fingerprint density at radius 3 is 2.06 bits per heavy atom. The number of carbonyl (C=O) groups is 2. The standard InChI is InChI=1S/C25H37O7PS/c26-24(22-13-17-5-7-19(22)11-17)31-15-21(16-34-10-4-2-1-3-9-33(28,29)30)32-25(27)23-14-18-6-8-20(23)12-18/h5-8,17-23H,1-4,9-16H2,(H2,28,29,30). The maximum absolute atomic E-state index is 12.9. The highest BCUT2D eigenvalue weighted by Crippen LogP contribution is 2.45. The van der Waals surface area contributed by atoms with Gasteiger partial charge >= 0.3 is 19.5 Å². The van der Waals surface area contributed by atoms with Crippen LogP contribution in [0, 0.1) is 35.5 Å². The lowest BCUT2D eigenvalue weighted by molar-refractivity contribution is -0.163. The zero-order valence-corrected chi connectivity index (χ0v) is 21.3. The predicted octanol–water partition coefficient (Wildman–Crippen LogP) is 4.34. The number of ether oxygens (including phenoxy) is 2.